The lowest BCUT2D eigenvalue weighted by molar-refractivity contribution is -0.127. The summed E-state index contributed by atoms with van der Waals surface area (Å²) in [7, 11) is 1.61. The van der Waals surface area contributed by atoms with E-state index in [1.54, 1.807) is 18.9 Å². The summed E-state index contributed by atoms with van der Waals surface area (Å²) in [6.45, 7) is 2.66. The number of carbonyl (C=O) groups excluding carboxylic acids is 2. The lowest BCUT2D eigenvalue weighted by atomic mass is 9.93. The fourth-order valence-corrected chi connectivity index (χ4v) is 4.67. The first-order chi connectivity index (χ1) is 13.5. The highest BCUT2D eigenvalue weighted by Crippen LogP contribution is 2.39. The number of hydrogen-bond acceptors (Lipinski definition) is 4. The Morgan fingerprint density at radius 1 is 1.29 bits per heavy atom. The zero-order chi connectivity index (χ0) is 19.7. The Balaban J connectivity index is 1.75. The number of rotatable bonds is 3. The van der Waals surface area contributed by atoms with Gasteiger partial charge in [0.2, 0.25) is 5.91 Å². The van der Waals surface area contributed by atoms with E-state index in [2.05, 4.69) is 5.32 Å². The fourth-order valence-electron chi connectivity index (χ4n) is 4.67. The zero-order valence-electron chi connectivity index (χ0n) is 16.6. The number of hydrogen-bond donors (Lipinski definition) is 1. The van der Waals surface area contributed by atoms with Crippen LogP contribution in [0, 0.1) is 0 Å². The van der Waals surface area contributed by atoms with Gasteiger partial charge in [0.25, 0.3) is 0 Å². The van der Waals surface area contributed by atoms with Crippen LogP contribution in [0.5, 0.6) is 5.75 Å². The van der Waals surface area contributed by atoms with Gasteiger partial charge in [-0.25, -0.2) is 4.79 Å². The third-order valence-electron chi connectivity index (χ3n) is 6.19. The van der Waals surface area contributed by atoms with Crippen molar-refractivity contribution >= 4 is 23.5 Å². The molecule has 4 rings (SSSR count). The highest BCUT2D eigenvalue weighted by molar-refractivity contribution is 6.19. The van der Waals surface area contributed by atoms with Gasteiger partial charge in [-0.3, -0.25) is 20.0 Å². The molecule has 150 valence electrons. The van der Waals surface area contributed by atoms with Crippen molar-refractivity contribution in [2.45, 2.75) is 57.0 Å². The average molecular weight is 384 g/mol. The lowest BCUT2D eigenvalue weighted by Gasteiger charge is -2.34. The topological polar surface area (TPSA) is 74.2 Å². The molecule has 7 heteroatoms. The molecule has 2 saturated heterocycles. The van der Waals surface area contributed by atoms with Gasteiger partial charge in [-0.15, -0.1) is 0 Å². The van der Waals surface area contributed by atoms with E-state index in [0.29, 0.717) is 25.3 Å². The molecule has 1 aromatic carbocycles. The predicted octanol–water partition coefficient (Wildman–Crippen LogP) is 2.95. The van der Waals surface area contributed by atoms with Crippen LogP contribution in [0.4, 0.5) is 10.5 Å². The number of benzene rings is 1. The van der Waals surface area contributed by atoms with Crippen LogP contribution < -0.4 is 15.0 Å². The van der Waals surface area contributed by atoms with E-state index < -0.39 is 5.54 Å². The Hall–Kier alpha value is -2.57. The SMILES string of the molecule is COc1cccc(N2C(=O)NC(=NC3CCCCC3)C23CCN(C(C)=O)C3)c1. The molecule has 2 heterocycles. The quantitative estimate of drug-likeness (QED) is 0.871. The van der Waals surface area contributed by atoms with Crippen LogP contribution in [0.15, 0.2) is 29.3 Å². The molecule has 7 nitrogen and oxygen atoms in total. The van der Waals surface area contributed by atoms with Crippen LogP contribution in [0.3, 0.4) is 0 Å². The lowest BCUT2D eigenvalue weighted by Crippen LogP contribution is -2.52. The Labute approximate surface area is 165 Å². The molecule has 1 N–H and O–H groups in total. The largest absolute Gasteiger partial charge is 0.497 e. The Morgan fingerprint density at radius 2 is 2.07 bits per heavy atom. The molecule has 3 fully saturated rings. The summed E-state index contributed by atoms with van der Waals surface area (Å²) >= 11 is 0. The molecule has 1 unspecified atom stereocenters. The van der Waals surface area contributed by atoms with Crippen molar-refractivity contribution in [3.05, 3.63) is 24.3 Å². The second kappa shape index (κ2) is 7.45. The van der Waals surface area contributed by atoms with Crippen LogP contribution in [-0.2, 0) is 4.79 Å². The molecule has 1 aromatic rings. The monoisotopic (exact) mass is 384 g/mol. The van der Waals surface area contributed by atoms with Crippen molar-refractivity contribution in [2.24, 2.45) is 4.99 Å². The number of nitrogens with one attached hydrogen (secondary N) is 1. The van der Waals surface area contributed by atoms with Gasteiger partial charge in [0.05, 0.1) is 25.4 Å². The number of methoxy groups -OCH3 is 1. The Kier molecular flexibility index (Phi) is 5.00. The summed E-state index contributed by atoms with van der Waals surface area (Å²) in [6.07, 6.45) is 6.42. The van der Waals surface area contributed by atoms with Gasteiger partial charge >= 0.3 is 6.03 Å². The van der Waals surface area contributed by atoms with E-state index in [0.717, 1.165) is 24.4 Å². The second-order valence-electron chi connectivity index (χ2n) is 7.96. The molecule has 1 aliphatic carbocycles. The van der Waals surface area contributed by atoms with E-state index >= 15 is 0 Å². The van der Waals surface area contributed by atoms with Crippen molar-refractivity contribution < 1.29 is 14.3 Å². The summed E-state index contributed by atoms with van der Waals surface area (Å²) in [4.78, 5) is 33.7. The maximum atomic E-state index is 13.1. The molecule has 3 amide bonds. The first-order valence-electron chi connectivity index (χ1n) is 10.1. The van der Waals surface area contributed by atoms with Crippen molar-refractivity contribution in [2.75, 3.05) is 25.1 Å². The highest BCUT2D eigenvalue weighted by atomic mass is 16.5. The van der Waals surface area contributed by atoms with E-state index in [4.69, 9.17) is 9.73 Å². The van der Waals surface area contributed by atoms with Crippen LogP contribution in [0.2, 0.25) is 0 Å². The van der Waals surface area contributed by atoms with E-state index in [-0.39, 0.29) is 18.0 Å². The molecule has 1 saturated carbocycles. The summed E-state index contributed by atoms with van der Waals surface area (Å²) in [5.41, 5.74) is 0.128. The van der Waals surface area contributed by atoms with Crippen LogP contribution >= 0.6 is 0 Å². The number of urea groups is 1. The summed E-state index contributed by atoms with van der Waals surface area (Å²) in [5.74, 6) is 1.44. The molecule has 0 bridgehead atoms. The third kappa shape index (κ3) is 3.23. The minimum atomic E-state index is -0.632. The minimum Gasteiger partial charge on any atom is -0.497 e. The zero-order valence-corrected chi connectivity index (χ0v) is 16.6. The summed E-state index contributed by atoms with van der Waals surface area (Å²) in [6, 6.07) is 7.57. The molecule has 28 heavy (non-hydrogen) atoms. The number of aliphatic imine (C=N–C) groups is 1. The molecule has 3 aliphatic rings. The van der Waals surface area contributed by atoms with Gasteiger partial charge in [-0.1, -0.05) is 25.3 Å². The van der Waals surface area contributed by atoms with Crippen LogP contribution in [-0.4, -0.2) is 54.5 Å². The number of amides is 3. The molecular formula is C21H28N4O3. The van der Waals surface area contributed by atoms with Gasteiger partial charge in [0.1, 0.15) is 17.1 Å². The van der Waals surface area contributed by atoms with Crippen LogP contribution in [0.1, 0.15) is 45.4 Å². The van der Waals surface area contributed by atoms with Crippen molar-refractivity contribution in [3.8, 4) is 5.75 Å². The van der Waals surface area contributed by atoms with Gasteiger partial charge in [0, 0.05) is 19.5 Å². The number of likely N-dealkylation sites (tertiary alicyclic amines) is 1. The van der Waals surface area contributed by atoms with E-state index in [1.807, 2.05) is 29.2 Å². The molecule has 1 spiro atoms. The first kappa shape index (κ1) is 18.8. The predicted molar refractivity (Wildman–Crippen MR) is 108 cm³/mol. The standard InChI is InChI=1S/C21H28N4O3/c1-15(26)24-12-11-21(14-24)19(22-16-7-4-3-5-8-16)23-20(27)25(21)17-9-6-10-18(13-17)28-2/h6,9-10,13,16H,3-5,7-8,11-12,14H2,1-2H3,(H,22,23,27). The Bertz CT molecular complexity index is 803. The molecule has 0 radical (unpaired) electrons. The maximum Gasteiger partial charge on any atom is 0.328 e. The Morgan fingerprint density at radius 3 is 2.75 bits per heavy atom. The highest BCUT2D eigenvalue weighted by Gasteiger charge is 2.56. The molecule has 2 aliphatic heterocycles. The summed E-state index contributed by atoms with van der Waals surface area (Å²) < 4.78 is 5.36. The van der Waals surface area contributed by atoms with Crippen molar-refractivity contribution in [1.82, 2.24) is 10.2 Å². The fraction of sp³-hybridized carbons (Fsp3) is 0.571. The summed E-state index contributed by atoms with van der Waals surface area (Å²) in [5, 5.41) is 3.04. The second-order valence-corrected chi connectivity index (χ2v) is 7.96. The number of ether oxygens (including phenoxy) is 1. The number of nitrogens with zero attached hydrogens (tertiary/aromatic N) is 3. The first-order valence-corrected chi connectivity index (χ1v) is 10.1. The van der Waals surface area contributed by atoms with Gasteiger partial charge in [-0.2, -0.15) is 0 Å². The van der Waals surface area contributed by atoms with Crippen molar-refractivity contribution in [1.29, 1.82) is 0 Å². The molecule has 0 aromatic heterocycles. The molecular weight excluding hydrogens is 356 g/mol. The van der Waals surface area contributed by atoms with E-state index in [9.17, 15) is 9.59 Å². The van der Waals surface area contributed by atoms with Gasteiger partial charge in [-0.05, 0) is 31.4 Å². The van der Waals surface area contributed by atoms with Crippen molar-refractivity contribution in [3.63, 3.8) is 0 Å². The minimum absolute atomic E-state index is 0.0267. The normalized spacial score (nSPS) is 26.9. The smallest absolute Gasteiger partial charge is 0.328 e. The van der Waals surface area contributed by atoms with E-state index in [1.165, 1.54) is 19.3 Å². The van der Waals surface area contributed by atoms with Gasteiger partial charge in [0.15, 0.2) is 0 Å². The number of anilines is 1. The number of amidine groups is 1. The third-order valence-corrected chi connectivity index (χ3v) is 6.19. The maximum absolute atomic E-state index is 13.1. The molecule has 1 atom stereocenters. The van der Waals surface area contributed by atoms with Crippen LogP contribution in [0.25, 0.3) is 0 Å². The van der Waals surface area contributed by atoms with Gasteiger partial charge < -0.3 is 9.64 Å². The average Bonchev–Trinajstić information content (AvgIpc) is 3.25. The number of carbonyl (C=O) groups is 2.